The molecule has 29 heavy (non-hydrogen) atoms. The highest BCUT2D eigenvalue weighted by atomic mass is 35.5. The fourth-order valence-electron chi connectivity index (χ4n) is 3.26. The Labute approximate surface area is 168 Å². The number of halogens is 3. The van der Waals surface area contributed by atoms with Crippen molar-refractivity contribution in [1.29, 1.82) is 0 Å². The van der Waals surface area contributed by atoms with Crippen molar-refractivity contribution < 1.29 is 8.78 Å². The predicted molar refractivity (Wildman–Crippen MR) is 106 cm³/mol. The Morgan fingerprint density at radius 1 is 1.07 bits per heavy atom. The molecule has 148 valence electrons. The molecular formula is C20H15ClF2N4O2. The first kappa shape index (κ1) is 19.1. The van der Waals surface area contributed by atoms with Gasteiger partial charge in [0.2, 0.25) is 0 Å². The highest BCUT2D eigenvalue weighted by molar-refractivity contribution is 6.32. The lowest BCUT2D eigenvalue weighted by Gasteiger charge is -2.12. The van der Waals surface area contributed by atoms with E-state index in [9.17, 15) is 18.4 Å². The standard InChI is InChI=1S/C20H15ClF2N4O2/c1-2-26-19(28)17-18(27(20(26)29)16-6-4-3-5-13(16)21)24-11-25(17)10-12-7-8-14(22)15(23)9-12/h3-9,11H,2,10H2,1H3. The molecular weight excluding hydrogens is 402 g/mol. The molecule has 4 aromatic rings. The van der Waals surface area contributed by atoms with Crippen LogP contribution in [0.4, 0.5) is 8.78 Å². The molecule has 2 heterocycles. The van der Waals surface area contributed by atoms with Crippen LogP contribution in [0, 0.1) is 11.6 Å². The van der Waals surface area contributed by atoms with Gasteiger partial charge in [0.15, 0.2) is 22.8 Å². The van der Waals surface area contributed by atoms with E-state index in [-0.39, 0.29) is 24.3 Å². The molecule has 9 heteroatoms. The minimum atomic E-state index is -0.981. The molecule has 0 radical (unpaired) electrons. The normalized spacial score (nSPS) is 11.3. The summed E-state index contributed by atoms with van der Waals surface area (Å²) in [6.45, 7) is 1.91. The number of rotatable bonds is 4. The minimum absolute atomic E-state index is 0.0768. The van der Waals surface area contributed by atoms with E-state index in [0.717, 1.165) is 16.7 Å². The second-order valence-electron chi connectivity index (χ2n) is 6.41. The number of fused-ring (bicyclic) bond motifs is 1. The molecule has 0 atom stereocenters. The average molecular weight is 417 g/mol. The van der Waals surface area contributed by atoms with Gasteiger partial charge in [0, 0.05) is 13.1 Å². The fourth-order valence-corrected chi connectivity index (χ4v) is 3.48. The maximum atomic E-state index is 13.6. The molecule has 2 aromatic carbocycles. The Balaban J connectivity index is 1.99. The molecule has 0 N–H and O–H groups in total. The molecule has 0 fully saturated rings. The summed E-state index contributed by atoms with van der Waals surface area (Å²) in [7, 11) is 0. The Morgan fingerprint density at radius 3 is 2.52 bits per heavy atom. The minimum Gasteiger partial charge on any atom is -0.320 e. The number of para-hydroxylation sites is 1. The van der Waals surface area contributed by atoms with Gasteiger partial charge in [-0.1, -0.05) is 29.8 Å². The van der Waals surface area contributed by atoms with Crippen LogP contribution in [0.1, 0.15) is 12.5 Å². The van der Waals surface area contributed by atoms with Crippen molar-refractivity contribution in [2.75, 3.05) is 0 Å². The van der Waals surface area contributed by atoms with Gasteiger partial charge in [0.05, 0.1) is 17.0 Å². The highest BCUT2D eigenvalue weighted by Gasteiger charge is 2.20. The van der Waals surface area contributed by atoms with Crippen molar-refractivity contribution in [3.8, 4) is 5.69 Å². The Hall–Kier alpha value is -3.26. The number of hydrogen-bond donors (Lipinski definition) is 0. The third-order valence-corrected chi connectivity index (χ3v) is 4.97. The third-order valence-electron chi connectivity index (χ3n) is 4.65. The van der Waals surface area contributed by atoms with E-state index in [2.05, 4.69) is 4.98 Å². The summed E-state index contributed by atoms with van der Waals surface area (Å²) in [5.74, 6) is -1.93. The van der Waals surface area contributed by atoms with Crippen molar-refractivity contribution in [2.24, 2.45) is 0 Å². The summed E-state index contributed by atoms with van der Waals surface area (Å²) in [6, 6.07) is 10.2. The zero-order valence-electron chi connectivity index (χ0n) is 15.3. The summed E-state index contributed by atoms with van der Waals surface area (Å²) >= 11 is 6.28. The molecule has 0 unspecified atom stereocenters. The Bertz CT molecular complexity index is 1360. The van der Waals surface area contributed by atoms with Crippen LogP contribution >= 0.6 is 11.6 Å². The van der Waals surface area contributed by atoms with Gasteiger partial charge in [-0.3, -0.25) is 9.36 Å². The number of hydrogen-bond acceptors (Lipinski definition) is 3. The van der Waals surface area contributed by atoms with E-state index in [0.29, 0.717) is 16.3 Å². The van der Waals surface area contributed by atoms with E-state index in [4.69, 9.17) is 11.6 Å². The molecule has 0 amide bonds. The van der Waals surface area contributed by atoms with Gasteiger partial charge >= 0.3 is 5.69 Å². The molecule has 2 aromatic heterocycles. The lowest BCUT2D eigenvalue weighted by atomic mass is 10.2. The van der Waals surface area contributed by atoms with Gasteiger partial charge in [0.25, 0.3) is 5.56 Å². The topological polar surface area (TPSA) is 61.8 Å². The fraction of sp³-hybridized carbons (Fsp3) is 0.150. The van der Waals surface area contributed by atoms with Gasteiger partial charge in [-0.2, -0.15) is 0 Å². The smallest absolute Gasteiger partial charge is 0.320 e. The van der Waals surface area contributed by atoms with Crippen LogP contribution < -0.4 is 11.2 Å². The summed E-state index contributed by atoms with van der Waals surface area (Å²) < 4.78 is 30.7. The lowest BCUT2D eigenvalue weighted by molar-refractivity contribution is 0.506. The molecule has 0 aliphatic heterocycles. The van der Waals surface area contributed by atoms with Crippen molar-refractivity contribution in [1.82, 2.24) is 18.7 Å². The molecule has 0 aliphatic rings. The predicted octanol–water partition coefficient (Wildman–Crippen LogP) is 3.35. The van der Waals surface area contributed by atoms with Gasteiger partial charge < -0.3 is 4.57 Å². The quantitative estimate of drug-likeness (QED) is 0.512. The first-order valence-electron chi connectivity index (χ1n) is 8.82. The van der Waals surface area contributed by atoms with Crippen LogP contribution in [0.25, 0.3) is 16.9 Å². The first-order chi connectivity index (χ1) is 13.9. The summed E-state index contributed by atoms with van der Waals surface area (Å²) in [4.78, 5) is 30.2. The summed E-state index contributed by atoms with van der Waals surface area (Å²) in [6.07, 6.45) is 1.39. The lowest BCUT2D eigenvalue weighted by Crippen LogP contribution is -2.39. The molecule has 0 saturated carbocycles. The molecule has 0 spiro atoms. The van der Waals surface area contributed by atoms with Crippen molar-refractivity contribution in [3.63, 3.8) is 0 Å². The largest absolute Gasteiger partial charge is 0.337 e. The second-order valence-corrected chi connectivity index (χ2v) is 6.82. The van der Waals surface area contributed by atoms with Gasteiger partial charge in [-0.25, -0.2) is 23.1 Å². The van der Waals surface area contributed by atoms with Crippen LogP contribution in [0.3, 0.4) is 0 Å². The molecule has 6 nitrogen and oxygen atoms in total. The zero-order valence-corrected chi connectivity index (χ0v) is 16.0. The van der Waals surface area contributed by atoms with E-state index >= 15 is 0 Å². The van der Waals surface area contributed by atoms with Crippen LogP contribution in [0.15, 0.2) is 58.4 Å². The van der Waals surface area contributed by atoms with Crippen LogP contribution in [0.5, 0.6) is 0 Å². The van der Waals surface area contributed by atoms with Crippen LogP contribution in [0.2, 0.25) is 5.02 Å². The zero-order chi connectivity index (χ0) is 20.7. The van der Waals surface area contributed by atoms with Crippen molar-refractivity contribution in [2.45, 2.75) is 20.0 Å². The van der Waals surface area contributed by atoms with Gasteiger partial charge in [-0.05, 0) is 36.8 Å². The maximum absolute atomic E-state index is 13.6. The summed E-state index contributed by atoms with van der Waals surface area (Å²) in [5, 5.41) is 0.326. The highest BCUT2D eigenvalue weighted by Crippen LogP contribution is 2.21. The average Bonchev–Trinajstić information content (AvgIpc) is 3.10. The van der Waals surface area contributed by atoms with Gasteiger partial charge in [-0.15, -0.1) is 0 Å². The molecule has 4 rings (SSSR count). The number of imidazole rings is 1. The maximum Gasteiger partial charge on any atom is 0.337 e. The van der Waals surface area contributed by atoms with E-state index in [1.165, 1.54) is 21.5 Å². The second kappa shape index (κ2) is 7.29. The monoisotopic (exact) mass is 416 g/mol. The van der Waals surface area contributed by atoms with Gasteiger partial charge in [0.1, 0.15) is 0 Å². The van der Waals surface area contributed by atoms with Crippen molar-refractivity contribution >= 4 is 22.8 Å². The molecule has 0 aliphatic carbocycles. The number of benzene rings is 2. The summed E-state index contributed by atoms with van der Waals surface area (Å²) in [5.41, 5.74) is 0.0640. The third kappa shape index (κ3) is 3.15. The first-order valence-corrected chi connectivity index (χ1v) is 9.19. The molecule has 0 bridgehead atoms. The number of aromatic nitrogens is 4. The van der Waals surface area contributed by atoms with Crippen molar-refractivity contribution in [3.05, 3.63) is 91.9 Å². The van der Waals surface area contributed by atoms with Crippen LogP contribution in [-0.4, -0.2) is 18.7 Å². The Kier molecular flexibility index (Phi) is 4.79. The SMILES string of the molecule is CCn1c(=O)c2c(ncn2Cc2ccc(F)c(F)c2)n(-c2ccccc2Cl)c1=O. The van der Waals surface area contributed by atoms with E-state index in [1.54, 1.807) is 31.2 Å². The molecule has 0 saturated heterocycles. The van der Waals surface area contributed by atoms with E-state index in [1.807, 2.05) is 0 Å². The number of nitrogens with zero attached hydrogens (tertiary/aromatic N) is 4. The Morgan fingerprint density at radius 2 is 1.83 bits per heavy atom. The van der Waals surface area contributed by atoms with E-state index < -0.39 is 22.9 Å². The van der Waals surface area contributed by atoms with Crippen LogP contribution in [-0.2, 0) is 13.1 Å².